The summed E-state index contributed by atoms with van der Waals surface area (Å²) < 4.78 is 5.52. The fourth-order valence-electron chi connectivity index (χ4n) is 3.55. The van der Waals surface area contributed by atoms with Crippen molar-refractivity contribution < 1.29 is 14.3 Å². The highest BCUT2D eigenvalue weighted by Gasteiger charge is 2.28. The molecule has 1 aromatic carbocycles. The van der Waals surface area contributed by atoms with Gasteiger partial charge in [0.2, 0.25) is 5.91 Å². The van der Waals surface area contributed by atoms with Crippen molar-refractivity contribution in [1.82, 2.24) is 20.1 Å². The highest BCUT2D eigenvalue weighted by atomic mass is 32.2. The molecule has 1 N–H and O–H groups in total. The number of thiazole rings is 1. The fourth-order valence-corrected chi connectivity index (χ4v) is 4.76. The Morgan fingerprint density at radius 1 is 1.22 bits per heavy atom. The molecule has 2 heterocycles. The molecule has 0 spiro atoms. The molecule has 1 aliphatic rings. The third-order valence-electron chi connectivity index (χ3n) is 5.33. The van der Waals surface area contributed by atoms with E-state index in [1.807, 2.05) is 29.4 Å². The number of benzene rings is 1. The summed E-state index contributed by atoms with van der Waals surface area (Å²) >= 11 is 3.38. The van der Waals surface area contributed by atoms with Crippen LogP contribution in [0.4, 0.5) is 0 Å². The maximum Gasteiger partial charge on any atom is 0.258 e. The number of nitrogens with zero attached hydrogens (tertiary/aromatic N) is 3. The molecule has 1 aromatic heterocycles. The monoisotopic (exact) mass is 476 g/mol. The minimum atomic E-state index is -0.522. The number of thioether (sulfide) groups is 1. The van der Waals surface area contributed by atoms with E-state index in [1.165, 1.54) is 0 Å². The van der Waals surface area contributed by atoms with Crippen LogP contribution >= 0.6 is 23.1 Å². The van der Waals surface area contributed by atoms with Crippen LogP contribution in [0.25, 0.3) is 0 Å². The molecule has 0 saturated carbocycles. The van der Waals surface area contributed by atoms with Gasteiger partial charge < -0.3 is 15.0 Å². The molecular formula is C23H32N4O3S2. The third kappa shape index (κ3) is 7.50. The minimum Gasteiger partial charge on any atom is -0.484 e. The molecule has 1 unspecified atom stereocenters. The molecule has 2 aromatic rings. The Bertz CT molecular complexity index is 854. The van der Waals surface area contributed by atoms with Crippen molar-refractivity contribution in [3.05, 3.63) is 46.4 Å². The number of aryl methyl sites for hydroxylation is 1. The van der Waals surface area contributed by atoms with E-state index in [0.717, 1.165) is 42.5 Å². The number of para-hydroxylation sites is 1. The lowest BCUT2D eigenvalue weighted by molar-refractivity contribution is -0.138. The molecule has 174 valence electrons. The second-order valence-electron chi connectivity index (χ2n) is 7.69. The lowest BCUT2D eigenvalue weighted by Gasteiger charge is -2.36. The average Bonchev–Trinajstić information content (AvgIpc) is 3.28. The summed E-state index contributed by atoms with van der Waals surface area (Å²) in [5.41, 5.74) is 1.11. The van der Waals surface area contributed by atoms with Gasteiger partial charge in [-0.2, -0.15) is 11.8 Å². The molecule has 7 nitrogen and oxygen atoms in total. The molecule has 0 radical (unpaired) electrons. The molecule has 32 heavy (non-hydrogen) atoms. The van der Waals surface area contributed by atoms with Crippen molar-refractivity contribution in [3.63, 3.8) is 0 Å². The van der Waals surface area contributed by atoms with Crippen LogP contribution in [0.15, 0.2) is 35.7 Å². The Kier molecular flexibility index (Phi) is 9.83. The Balaban J connectivity index is 1.48. The lowest BCUT2D eigenvalue weighted by Crippen LogP contribution is -2.55. The van der Waals surface area contributed by atoms with E-state index < -0.39 is 6.04 Å². The van der Waals surface area contributed by atoms with Crippen LogP contribution in [0.1, 0.15) is 24.0 Å². The maximum absolute atomic E-state index is 13.2. The van der Waals surface area contributed by atoms with E-state index in [4.69, 9.17) is 4.74 Å². The second-order valence-corrected chi connectivity index (χ2v) is 9.62. The van der Waals surface area contributed by atoms with E-state index in [2.05, 4.69) is 27.5 Å². The first kappa shape index (κ1) is 24.5. The predicted octanol–water partition coefficient (Wildman–Crippen LogP) is 2.67. The highest BCUT2D eigenvalue weighted by Crippen LogP contribution is 2.15. The summed E-state index contributed by atoms with van der Waals surface area (Å²) in [7, 11) is 0. The van der Waals surface area contributed by atoms with Gasteiger partial charge in [-0.15, -0.1) is 11.3 Å². The van der Waals surface area contributed by atoms with Gasteiger partial charge in [-0.25, -0.2) is 4.98 Å². The number of rotatable bonds is 11. The Morgan fingerprint density at radius 3 is 2.62 bits per heavy atom. The first-order valence-electron chi connectivity index (χ1n) is 11.0. The van der Waals surface area contributed by atoms with E-state index in [1.54, 1.807) is 35.2 Å². The Hall–Kier alpha value is -2.10. The summed E-state index contributed by atoms with van der Waals surface area (Å²) in [5.74, 6) is 1.16. The van der Waals surface area contributed by atoms with Crippen LogP contribution in [0, 0.1) is 0 Å². The number of piperazine rings is 1. The number of ether oxygens (including phenoxy) is 1. The van der Waals surface area contributed by atoms with Crippen LogP contribution in [0.3, 0.4) is 0 Å². The number of amides is 2. The summed E-state index contributed by atoms with van der Waals surface area (Å²) in [6.45, 7) is 5.78. The zero-order valence-corrected chi connectivity index (χ0v) is 20.4. The Labute approximate surface area is 198 Å². The van der Waals surface area contributed by atoms with E-state index in [-0.39, 0.29) is 18.4 Å². The van der Waals surface area contributed by atoms with E-state index in [0.29, 0.717) is 25.3 Å². The standard InChI is InChI=1S/C23H32N4O3S2/c1-3-22-24-18(17-32-22)15-26-10-12-27(13-11-26)23(29)20(9-14-31-2)25-21(28)16-30-19-7-5-4-6-8-19/h4-8,17,20H,3,9-16H2,1-2H3,(H,25,28). The first-order valence-corrected chi connectivity index (χ1v) is 13.3. The van der Waals surface area contributed by atoms with Crippen molar-refractivity contribution >= 4 is 34.9 Å². The molecule has 0 bridgehead atoms. The zero-order valence-electron chi connectivity index (χ0n) is 18.8. The highest BCUT2D eigenvalue weighted by molar-refractivity contribution is 7.98. The quantitative estimate of drug-likeness (QED) is 0.538. The first-order chi connectivity index (χ1) is 15.6. The van der Waals surface area contributed by atoms with Crippen LogP contribution in [-0.4, -0.2) is 77.4 Å². The Morgan fingerprint density at radius 2 is 1.97 bits per heavy atom. The third-order valence-corrected chi connectivity index (χ3v) is 7.01. The van der Waals surface area contributed by atoms with Gasteiger partial charge in [0.25, 0.3) is 5.91 Å². The molecule has 0 aliphatic carbocycles. The number of aromatic nitrogens is 1. The second kappa shape index (κ2) is 12.8. The van der Waals surface area contributed by atoms with Gasteiger partial charge in [-0.3, -0.25) is 14.5 Å². The smallest absolute Gasteiger partial charge is 0.258 e. The van der Waals surface area contributed by atoms with Gasteiger partial charge in [0, 0.05) is 38.1 Å². The summed E-state index contributed by atoms with van der Waals surface area (Å²) in [6, 6.07) is 8.69. The largest absolute Gasteiger partial charge is 0.484 e. The number of nitrogens with one attached hydrogen (secondary N) is 1. The summed E-state index contributed by atoms with van der Waals surface area (Å²) in [5, 5.41) is 6.18. The van der Waals surface area contributed by atoms with Crippen molar-refractivity contribution in [2.75, 3.05) is 44.8 Å². The van der Waals surface area contributed by atoms with Gasteiger partial charge in [-0.1, -0.05) is 25.1 Å². The molecule has 1 saturated heterocycles. The number of hydrogen-bond donors (Lipinski definition) is 1. The van der Waals surface area contributed by atoms with E-state index in [9.17, 15) is 9.59 Å². The lowest BCUT2D eigenvalue weighted by atomic mass is 10.1. The van der Waals surface area contributed by atoms with Gasteiger partial charge in [-0.05, 0) is 37.0 Å². The van der Waals surface area contributed by atoms with E-state index >= 15 is 0 Å². The predicted molar refractivity (Wildman–Crippen MR) is 130 cm³/mol. The normalized spacial score (nSPS) is 15.4. The van der Waals surface area contributed by atoms with Gasteiger partial charge in [0.15, 0.2) is 6.61 Å². The molecule has 3 rings (SSSR count). The van der Waals surface area contributed by atoms with Gasteiger partial charge >= 0.3 is 0 Å². The number of hydrogen-bond acceptors (Lipinski definition) is 7. The molecular weight excluding hydrogens is 444 g/mol. The van der Waals surface area contributed by atoms with Crippen molar-refractivity contribution in [1.29, 1.82) is 0 Å². The van der Waals surface area contributed by atoms with Gasteiger partial charge in [0.1, 0.15) is 11.8 Å². The molecule has 1 atom stereocenters. The average molecular weight is 477 g/mol. The zero-order chi connectivity index (χ0) is 22.8. The maximum atomic E-state index is 13.2. The van der Waals surface area contributed by atoms with Crippen molar-refractivity contribution in [3.8, 4) is 5.75 Å². The van der Waals surface area contributed by atoms with Crippen LogP contribution in [0.2, 0.25) is 0 Å². The summed E-state index contributed by atoms with van der Waals surface area (Å²) in [4.78, 5) is 34.4. The molecule has 1 aliphatic heterocycles. The number of carbonyl (C=O) groups is 2. The molecule has 2 amide bonds. The topological polar surface area (TPSA) is 74.8 Å². The minimum absolute atomic E-state index is 0.00584. The molecule has 1 fully saturated rings. The van der Waals surface area contributed by atoms with Gasteiger partial charge in [0.05, 0.1) is 10.7 Å². The van der Waals surface area contributed by atoms with Crippen LogP contribution < -0.4 is 10.1 Å². The number of carbonyl (C=O) groups excluding carboxylic acids is 2. The SMILES string of the molecule is CCc1nc(CN2CCN(C(=O)C(CCSC)NC(=O)COc3ccccc3)CC2)cs1. The fraction of sp³-hybridized carbons (Fsp3) is 0.522. The van der Waals surface area contributed by atoms with Crippen LogP contribution in [0.5, 0.6) is 5.75 Å². The van der Waals surface area contributed by atoms with Crippen LogP contribution in [-0.2, 0) is 22.6 Å². The molecule has 9 heteroatoms. The summed E-state index contributed by atoms with van der Waals surface area (Å²) in [6.07, 6.45) is 3.57. The van der Waals surface area contributed by atoms with Crippen molar-refractivity contribution in [2.24, 2.45) is 0 Å². The van der Waals surface area contributed by atoms with Crippen molar-refractivity contribution in [2.45, 2.75) is 32.4 Å².